The van der Waals surface area contributed by atoms with Gasteiger partial charge in [0.25, 0.3) is 0 Å². The molecule has 1 fully saturated rings. The van der Waals surface area contributed by atoms with E-state index in [1.807, 2.05) is 12.1 Å². The van der Waals surface area contributed by atoms with Crippen LogP contribution in [0.25, 0.3) is 10.9 Å². The summed E-state index contributed by atoms with van der Waals surface area (Å²) in [5, 5.41) is 2.04. The molecule has 0 saturated carbocycles. The van der Waals surface area contributed by atoms with Crippen molar-refractivity contribution in [1.29, 1.82) is 0 Å². The number of H-pyrrole nitrogens is 1. The van der Waals surface area contributed by atoms with Gasteiger partial charge in [-0.2, -0.15) is 0 Å². The third-order valence-corrected chi connectivity index (χ3v) is 3.46. The fourth-order valence-electron chi connectivity index (χ4n) is 2.29. The number of nitrogens with one attached hydrogen (secondary N) is 1. The molecular weight excluding hydrogens is 236 g/mol. The highest BCUT2D eigenvalue weighted by Gasteiger charge is 2.13. The molecule has 0 aliphatic carbocycles. The van der Waals surface area contributed by atoms with E-state index in [1.54, 1.807) is 0 Å². The summed E-state index contributed by atoms with van der Waals surface area (Å²) < 4.78 is 5.36. The third kappa shape index (κ3) is 2.32. The quantitative estimate of drug-likeness (QED) is 0.888. The zero-order valence-electron chi connectivity index (χ0n) is 9.58. The van der Waals surface area contributed by atoms with Crippen LogP contribution in [0.5, 0.6) is 0 Å². The molecule has 1 aromatic carbocycles. The molecule has 4 heteroatoms. The van der Waals surface area contributed by atoms with E-state index in [4.69, 9.17) is 16.3 Å². The van der Waals surface area contributed by atoms with Crippen LogP contribution in [0, 0.1) is 0 Å². The SMILES string of the molecule is Clc1ccc2c(CN3CCOCC3)c[nH]c2c1. The van der Waals surface area contributed by atoms with Crippen LogP contribution in [-0.2, 0) is 11.3 Å². The fraction of sp³-hybridized carbons (Fsp3) is 0.385. The number of hydrogen-bond donors (Lipinski definition) is 1. The number of fused-ring (bicyclic) bond motifs is 1. The molecule has 0 amide bonds. The first-order valence-corrected chi connectivity index (χ1v) is 6.26. The zero-order valence-corrected chi connectivity index (χ0v) is 10.3. The van der Waals surface area contributed by atoms with Crippen molar-refractivity contribution in [3.8, 4) is 0 Å². The van der Waals surface area contributed by atoms with Crippen LogP contribution < -0.4 is 0 Å². The van der Waals surface area contributed by atoms with Crippen LogP contribution in [0.3, 0.4) is 0 Å². The summed E-state index contributed by atoms with van der Waals surface area (Å²) in [5.74, 6) is 0. The first kappa shape index (κ1) is 11.1. The van der Waals surface area contributed by atoms with E-state index in [1.165, 1.54) is 10.9 Å². The van der Waals surface area contributed by atoms with Gasteiger partial charge in [-0.1, -0.05) is 17.7 Å². The first-order valence-electron chi connectivity index (χ1n) is 5.88. The molecule has 0 radical (unpaired) electrons. The van der Waals surface area contributed by atoms with Crippen LogP contribution in [0.15, 0.2) is 24.4 Å². The second-order valence-corrected chi connectivity index (χ2v) is 4.83. The lowest BCUT2D eigenvalue weighted by Crippen LogP contribution is -2.35. The molecule has 2 aromatic rings. The summed E-state index contributed by atoms with van der Waals surface area (Å²) in [6.07, 6.45) is 2.08. The van der Waals surface area contributed by atoms with E-state index in [2.05, 4.69) is 22.1 Å². The summed E-state index contributed by atoms with van der Waals surface area (Å²) in [6, 6.07) is 6.00. The summed E-state index contributed by atoms with van der Waals surface area (Å²) in [4.78, 5) is 5.69. The van der Waals surface area contributed by atoms with Crippen molar-refractivity contribution >= 4 is 22.5 Å². The van der Waals surface area contributed by atoms with E-state index < -0.39 is 0 Å². The predicted molar refractivity (Wildman–Crippen MR) is 69.4 cm³/mol. The second-order valence-electron chi connectivity index (χ2n) is 4.39. The molecule has 1 aliphatic rings. The molecule has 1 saturated heterocycles. The number of nitrogens with zero attached hydrogens (tertiary/aromatic N) is 1. The molecule has 1 aromatic heterocycles. The van der Waals surface area contributed by atoms with Gasteiger partial charge in [-0.15, -0.1) is 0 Å². The van der Waals surface area contributed by atoms with Gasteiger partial charge < -0.3 is 9.72 Å². The molecule has 0 unspecified atom stereocenters. The normalized spacial score (nSPS) is 17.7. The number of benzene rings is 1. The summed E-state index contributed by atoms with van der Waals surface area (Å²) >= 11 is 5.97. The lowest BCUT2D eigenvalue weighted by Gasteiger charge is -2.26. The van der Waals surface area contributed by atoms with E-state index in [0.717, 1.165) is 43.4 Å². The van der Waals surface area contributed by atoms with Gasteiger partial charge in [0.15, 0.2) is 0 Å². The van der Waals surface area contributed by atoms with Crippen LogP contribution in [0.1, 0.15) is 5.56 Å². The molecule has 17 heavy (non-hydrogen) atoms. The van der Waals surface area contributed by atoms with Crippen molar-refractivity contribution in [2.45, 2.75) is 6.54 Å². The minimum atomic E-state index is 0.775. The number of halogens is 1. The van der Waals surface area contributed by atoms with Gasteiger partial charge in [0.2, 0.25) is 0 Å². The number of rotatable bonds is 2. The van der Waals surface area contributed by atoms with Gasteiger partial charge in [-0.05, 0) is 17.7 Å². The van der Waals surface area contributed by atoms with Crippen molar-refractivity contribution in [1.82, 2.24) is 9.88 Å². The molecule has 3 nitrogen and oxygen atoms in total. The molecule has 3 rings (SSSR count). The summed E-state index contributed by atoms with van der Waals surface area (Å²) in [5.41, 5.74) is 2.44. The highest BCUT2D eigenvalue weighted by Crippen LogP contribution is 2.23. The Morgan fingerprint density at radius 3 is 2.94 bits per heavy atom. The highest BCUT2D eigenvalue weighted by atomic mass is 35.5. The third-order valence-electron chi connectivity index (χ3n) is 3.23. The number of ether oxygens (including phenoxy) is 1. The minimum absolute atomic E-state index is 0.775. The molecule has 90 valence electrons. The Hall–Kier alpha value is -1.03. The van der Waals surface area contributed by atoms with Gasteiger partial charge in [0, 0.05) is 41.8 Å². The molecular formula is C13H15ClN2O. The van der Waals surface area contributed by atoms with Crippen molar-refractivity contribution in [3.63, 3.8) is 0 Å². The number of aromatic nitrogens is 1. The molecule has 2 heterocycles. The second kappa shape index (κ2) is 4.69. The predicted octanol–water partition coefficient (Wildman–Crippen LogP) is 2.65. The average Bonchev–Trinajstić information content (AvgIpc) is 2.73. The Bertz CT molecular complexity index is 517. The van der Waals surface area contributed by atoms with Crippen LogP contribution in [-0.4, -0.2) is 36.2 Å². The Kier molecular flexibility index (Phi) is 3.05. The Morgan fingerprint density at radius 1 is 1.29 bits per heavy atom. The maximum Gasteiger partial charge on any atom is 0.0594 e. The lowest BCUT2D eigenvalue weighted by atomic mass is 10.1. The molecule has 0 atom stereocenters. The zero-order chi connectivity index (χ0) is 11.7. The lowest BCUT2D eigenvalue weighted by molar-refractivity contribution is 0.0343. The number of hydrogen-bond acceptors (Lipinski definition) is 2. The van der Waals surface area contributed by atoms with Crippen LogP contribution in [0.2, 0.25) is 5.02 Å². The highest BCUT2D eigenvalue weighted by molar-refractivity contribution is 6.31. The van der Waals surface area contributed by atoms with Gasteiger partial charge in [0.05, 0.1) is 13.2 Å². The number of morpholine rings is 1. The minimum Gasteiger partial charge on any atom is -0.379 e. The molecule has 0 bridgehead atoms. The standard InChI is InChI=1S/C13H15ClN2O/c14-11-1-2-12-10(8-15-13(12)7-11)9-16-3-5-17-6-4-16/h1-2,7-8,15H,3-6,9H2. The van der Waals surface area contributed by atoms with Crippen LogP contribution >= 0.6 is 11.6 Å². The fourth-order valence-corrected chi connectivity index (χ4v) is 2.46. The Labute approximate surface area is 105 Å². The van der Waals surface area contributed by atoms with E-state index in [0.29, 0.717) is 0 Å². The summed E-state index contributed by atoms with van der Waals surface area (Å²) in [7, 11) is 0. The van der Waals surface area contributed by atoms with Gasteiger partial charge >= 0.3 is 0 Å². The van der Waals surface area contributed by atoms with Crippen molar-refractivity contribution < 1.29 is 4.74 Å². The molecule has 0 spiro atoms. The van der Waals surface area contributed by atoms with E-state index in [-0.39, 0.29) is 0 Å². The molecule has 1 aliphatic heterocycles. The molecule has 1 N–H and O–H groups in total. The van der Waals surface area contributed by atoms with Gasteiger partial charge in [0.1, 0.15) is 0 Å². The van der Waals surface area contributed by atoms with Crippen molar-refractivity contribution in [2.75, 3.05) is 26.3 Å². The first-order chi connectivity index (χ1) is 8.33. The number of aromatic amines is 1. The van der Waals surface area contributed by atoms with Crippen molar-refractivity contribution in [3.05, 3.63) is 35.0 Å². The Balaban J connectivity index is 1.84. The van der Waals surface area contributed by atoms with Crippen LogP contribution in [0.4, 0.5) is 0 Å². The van der Waals surface area contributed by atoms with E-state index in [9.17, 15) is 0 Å². The maximum atomic E-state index is 5.97. The van der Waals surface area contributed by atoms with Gasteiger partial charge in [-0.3, -0.25) is 4.90 Å². The van der Waals surface area contributed by atoms with Crippen molar-refractivity contribution in [2.24, 2.45) is 0 Å². The average molecular weight is 251 g/mol. The topological polar surface area (TPSA) is 28.3 Å². The monoisotopic (exact) mass is 250 g/mol. The van der Waals surface area contributed by atoms with Gasteiger partial charge in [-0.25, -0.2) is 0 Å². The maximum absolute atomic E-state index is 5.97. The largest absolute Gasteiger partial charge is 0.379 e. The smallest absolute Gasteiger partial charge is 0.0594 e. The Morgan fingerprint density at radius 2 is 2.12 bits per heavy atom. The summed E-state index contributed by atoms with van der Waals surface area (Å²) in [6.45, 7) is 4.69. The van der Waals surface area contributed by atoms with E-state index >= 15 is 0 Å².